The highest BCUT2D eigenvalue weighted by molar-refractivity contribution is 5.93. The van der Waals surface area contributed by atoms with Crippen molar-refractivity contribution in [1.29, 1.82) is 0 Å². The van der Waals surface area contributed by atoms with Crippen molar-refractivity contribution in [2.24, 2.45) is 0 Å². The van der Waals surface area contributed by atoms with Crippen LogP contribution in [0.25, 0.3) is 0 Å². The second-order valence-electron chi connectivity index (χ2n) is 6.06. The Hall–Kier alpha value is -2.51. The van der Waals surface area contributed by atoms with Crippen LogP contribution in [0.1, 0.15) is 17.3 Å². The van der Waals surface area contributed by atoms with Crippen molar-refractivity contribution < 1.29 is 9.53 Å². The van der Waals surface area contributed by atoms with Gasteiger partial charge in [-0.3, -0.25) is 9.69 Å². The third-order valence-corrected chi connectivity index (χ3v) is 4.34. The van der Waals surface area contributed by atoms with Crippen LogP contribution in [-0.2, 0) is 4.74 Å². The second kappa shape index (κ2) is 9.26. The van der Waals surface area contributed by atoms with E-state index in [1.165, 1.54) is 0 Å². The first-order valence-corrected chi connectivity index (χ1v) is 9.01. The number of carbonyl (C=O) groups excluding carboxylic acids is 1. The summed E-state index contributed by atoms with van der Waals surface area (Å²) >= 11 is 0. The highest BCUT2D eigenvalue weighted by Crippen LogP contribution is 2.20. The first kappa shape index (κ1) is 18.3. The number of ether oxygens (including phenoxy) is 1. The molecule has 1 amide bonds. The normalized spacial score (nSPS) is 14.8. The minimum atomic E-state index is -0.146. The molecule has 1 aromatic heterocycles. The minimum Gasteiger partial charge on any atom is -0.379 e. The van der Waals surface area contributed by atoms with E-state index in [0.717, 1.165) is 45.1 Å². The van der Waals surface area contributed by atoms with Crippen LogP contribution in [-0.4, -0.2) is 66.7 Å². The average Bonchev–Trinajstić information content (AvgIpc) is 2.71. The molecule has 26 heavy (non-hydrogen) atoms. The van der Waals surface area contributed by atoms with E-state index in [1.54, 1.807) is 12.4 Å². The number of hydrogen-bond acceptors (Lipinski definition) is 6. The molecule has 1 saturated heterocycles. The van der Waals surface area contributed by atoms with Gasteiger partial charge in [0.05, 0.1) is 18.8 Å². The van der Waals surface area contributed by atoms with E-state index < -0.39 is 0 Å². The highest BCUT2D eigenvalue weighted by atomic mass is 16.5. The predicted molar refractivity (Wildman–Crippen MR) is 101 cm³/mol. The molecule has 7 nitrogen and oxygen atoms in total. The van der Waals surface area contributed by atoms with E-state index in [4.69, 9.17) is 4.74 Å². The lowest BCUT2D eigenvalue weighted by Crippen LogP contribution is -2.41. The molecule has 138 valence electrons. The highest BCUT2D eigenvalue weighted by Gasteiger charge is 2.13. The second-order valence-corrected chi connectivity index (χ2v) is 6.06. The van der Waals surface area contributed by atoms with Gasteiger partial charge in [0.2, 0.25) is 5.95 Å². The van der Waals surface area contributed by atoms with Crippen molar-refractivity contribution in [2.45, 2.75) is 6.92 Å². The van der Waals surface area contributed by atoms with Gasteiger partial charge in [-0.2, -0.15) is 0 Å². The molecule has 3 rings (SSSR count). The third kappa shape index (κ3) is 4.77. The fraction of sp³-hybridized carbons (Fsp3) is 0.421. The Morgan fingerprint density at radius 1 is 1.19 bits per heavy atom. The van der Waals surface area contributed by atoms with Gasteiger partial charge in [-0.25, -0.2) is 9.97 Å². The average molecular weight is 355 g/mol. The lowest BCUT2D eigenvalue weighted by Gasteiger charge is -2.26. The van der Waals surface area contributed by atoms with Crippen LogP contribution < -0.4 is 10.2 Å². The maximum Gasteiger partial charge on any atom is 0.254 e. The van der Waals surface area contributed by atoms with E-state index in [2.05, 4.69) is 20.2 Å². The molecule has 7 heteroatoms. The molecule has 2 aromatic rings. The number of carbonyl (C=O) groups is 1. The number of rotatable bonds is 7. The molecule has 0 bridgehead atoms. The molecule has 0 spiro atoms. The summed E-state index contributed by atoms with van der Waals surface area (Å²) in [6.07, 6.45) is 3.16. The smallest absolute Gasteiger partial charge is 0.254 e. The fourth-order valence-electron chi connectivity index (χ4n) is 2.88. The van der Waals surface area contributed by atoms with E-state index in [1.807, 2.05) is 42.2 Å². The van der Waals surface area contributed by atoms with Gasteiger partial charge >= 0.3 is 0 Å². The summed E-state index contributed by atoms with van der Waals surface area (Å²) in [4.78, 5) is 25.3. The Bertz CT molecular complexity index is 687. The van der Waals surface area contributed by atoms with Crippen molar-refractivity contribution in [3.05, 3.63) is 48.3 Å². The number of benzene rings is 1. The van der Waals surface area contributed by atoms with Gasteiger partial charge in [0, 0.05) is 50.8 Å². The van der Waals surface area contributed by atoms with E-state index >= 15 is 0 Å². The third-order valence-electron chi connectivity index (χ3n) is 4.34. The number of amides is 1. The minimum absolute atomic E-state index is 0.146. The van der Waals surface area contributed by atoms with E-state index in [0.29, 0.717) is 18.1 Å². The van der Waals surface area contributed by atoms with Gasteiger partial charge in [0.1, 0.15) is 0 Å². The number of anilines is 2. The molecule has 1 aliphatic heterocycles. The molecule has 1 aromatic carbocycles. The van der Waals surface area contributed by atoms with Crippen LogP contribution in [0.4, 0.5) is 11.6 Å². The quantitative estimate of drug-likeness (QED) is 0.815. The fourth-order valence-corrected chi connectivity index (χ4v) is 2.88. The van der Waals surface area contributed by atoms with Crippen LogP contribution in [0, 0.1) is 0 Å². The van der Waals surface area contributed by atoms with Gasteiger partial charge in [0.25, 0.3) is 5.91 Å². The van der Waals surface area contributed by atoms with Gasteiger partial charge in [-0.15, -0.1) is 0 Å². The summed E-state index contributed by atoms with van der Waals surface area (Å²) < 4.78 is 5.32. The van der Waals surface area contributed by atoms with Gasteiger partial charge in [0.15, 0.2) is 0 Å². The molecule has 0 atom stereocenters. The first-order valence-electron chi connectivity index (χ1n) is 9.01. The Balaban J connectivity index is 1.55. The lowest BCUT2D eigenvalue weighted by molar-refractivity contribution is 0.0383. The van der Waals surface area contributed by atoms with E-state index in [9.17, 15) is 4.79 Å². The SMILES string of the molecule is CCN(c1ccccc1)c1ncc(C(=O)NCCN2CCOCC2)cn1. The van der Waals surface area contributed by atoms with Crippen LogP contribution >= 0.6 is 0 Å². The summed E-state index contributed by atoms with van der Waals surface area (Å²) in [6, 6.07) is 9.96. The standard InChI is InChI=1S/C19H25N5O2/c1-2-24(17-6-4-3-5-7-17)19-21-14-16(15-22-19)18(25)20-8-9-23-10-12-26-13-11-23/h3-7,14-15H,2,8-13H2,1H3,(H,20,25). The van der Waals surface area contributed by atoms with Gasteiger partial charge < -0.3 is 15.0 Å². The molecule has 2 heterocycles. The Morgan fingerprint density at radius 3 is 2.54 bits per heavy atom. The zero-order chi connectivity index (χ0) is 18.2. The van der Waals surface area contributed by atoms with Crippen LogP contribution in [0.3, 0.4) is 0 Å². The van der Waals surface area contributed by atoms with Crippen LogP contribution in [0.2, 0.25) is 0 Å². The predicted octanol–water partition coefficient (Wildman–Crippen LogP) is 1.70. The van der Waals surface area contributed by atoms with Crippen LogP contribution in [0.5, 0.6) is 0 Å². The molecule has 0 radical (unpaired) electrons. The maximum absolute atomic E-state index is 12.3. The monoisotopic (exact) mass is 355 g/mol. The maximum atomic E-state index is 12.3. The van der Waals surface area contributed by atoms with Crippen molar-refractivity contribution in [1.82, 2.24) is 20.2 Å². The van der Waals surface area contributed by atoms with Gasteiger partial charge in [-0.05, 0) is 19.1 Å². The molecular weight excluding hydrogens is 330 g/mol. The molecule has 0 aliphatic carbocycles. The van der Waals surface area contributed by atoms with Crippen molar-refractivity contribution in [2.75, 3.05) is 50.8 Å². The van der Waals surface area contributed by atoms with Gasteiger partial charge in [-0.1, -0.05) is 18.2 Å². The van der Waals surface area contributed by atoms with Crippen LogP contribution in [0.15, 0.2) is 42.7 Å². The van der Waals surface area contributed by atoms with Crippen molar-refractivity contribution in [3.63, 3.8) is 0 Å². The lowest BCUT2D eigenvalue weighted by atomic mass is 10.3. The van der Waals surface area contributed by atoms with E-state index in [-0.39, 0.29) is 5.91 Å². The topological polar surface area (TPSA) is 70.6 Å². The van der Waals surface area contributed by atoms with Crippen molar-refractivity contribution in [3.8, 4) is 0 Å². The molecular formula is C19H25N5O2. The summed E-state index contributed by atoms with van der Waals surface area (Å²) in [5.41, 5.74) is 1.50. The number of nitrogens with one attached hydrogen (secondary N) is 1. The summed E-state index contributed by atoms with van der Waals surface area (Å²) in [6.45, 7) is 7.58. The Morgan fingerprint density at radius 2 is 1.88 bits per heavy atom. The first-order chi connectivity index (χ1) is 12.8. The summed E-state index contributed by atoms with van der Waals surface area (Å²) in [5.74, 6) is 0.441. The molecule has 1 fully saturated rings. The largest absolute Gasteiger partial charge is 0.379 e. The van der Waals surface area contributed by atoms with Crippen molar-refractivity contribution >= 4 is 17.5 Å². The molecule has 1 aliphatic rings. The number of hydrogen-bond donors (Lipinski definition) is 1. The number of nitrogens with zero attached hydrogens (tertiary/aromatic N) is 4. The zero-order valence-electron chi connectivity index (χ0n) is 15.1. The number of para-hydroxylation sites is 1. The number of aromatic nitrogens is 2. The Labute approximate surface area is 154 Å². The molecule has 0 saturated carbocycles. The zero-order valence-corrected chi connectivity index (χ0v) is 15.1. The molecule has 0 unspecified atom stereocenters. The summed E-state index contributed by atoms with van der Waals surface area (Å²) in [5, 5.41) is 2.93. The summed E-state index contributed by atoms with van der Waals surface area (Å²) in [7, 11) is 0. The Kier molecular flexibility index (Phi) is 6.51. The molecule has 1 N–H and O–H groups in total. The number of morpholine rings is 1.